The van der Waals surface area contributed by atoms with E-state index in [2.05, 4.69) is 18.8 Å². The van der Waals surface area contributed by atoms with E-state index in [4.69, 9.17) is 0 Å². The molecule has 0 aromatic carbocycles. The second kappa shape index (κ2) is 5.54. The molecule has 21 heavy (non-hydrogen) atoms. The van der Waals surface area contributed by atoms with Crippen molar-refractivity contribution in [1.82, 2.24) is 9.88 Å². The van der Waals surface area contributed by atoms with Gasteiger partial charge in [0.2, 0.25) is 0 Å². The second-order valence-corrected chi connectivity index (χ2v) is 8.26. The van der Waals surface area contributed by atoms with Crippen LogP contribution in [0, 0.1) is 13.8 Å². The quantitative estimate of drug-likeness (QED) is 0.837. The summed E-state index contributed by atoms with van der Waals surface area (Å²) in [6, 6.07) is 1.99. The summed E-state index contributed by atoms with van der Waals surface area (Å²) < 4.78 is 0. The second-order valence-electron chi connectivity index (χ2n) is 6.12. The Morgan fingerprint density at radius 3 is 2.57 bits per heavy atom. The van der Waals surface area contributed by atoms with Crippen molar-refractivity contribution in [3.63, 3.8) is 0 Å². The van der Waals surface area contributed by atoms with Crippen molar-refractivity contribution in [1.29, 1.82) is 0 Å². The largest absolute Gasteiger partial charge is 0.338 e. The molecule has 112 valence electrons. The summed E-state index contributed by atoms with van der Waals surface area (Å²) in [5.74, 6) is 0.186. The number of aryl methyl sites for hydroxylation is 2. The van der Waals surface area contributed by atoms with Crippen LogP contribution in [0.1, 0.15) is 44.9 Å². The molecule has 3 nitrogen and oxygen atoms in total. The first-order chi connectivity index (χ1) is 9.98. The van der Waals surface area contributed by atoms with Crippen LogP contribution in [-0.2, 0) is 5.41 Å². The minimum atomic E-state index is 0.126. The Balaban J connectivity index is 1.69. The lowest BCUT2D eigenvalue weighted by Crippen LogP contribution is -2.43. The minimum absolute atomic E-state index is 0.126. The number of aromatic nitrogens is 1. The molecule has 0 radical (unpaired) electrons. The molecule has 0 bridgehead atoms. The van der Waals surface area contributed by atoms with Crippen LogP contribution in [-0.4, -0.2) is 28.9 Å². The Morgan fingerprint density at radius 2 is 2.05 bits per heavy atom. The van der Waals surface area contributed by atoms with E-state index in [9.17, 15) is 4.79 Å². The highest BCUT2D eigenvalue weighted by Gasteiger charge is 2.35. The standard InChI is InChI=1S/C16H20N2OS2/c1-11-8-13(20-10-11)14(19)18-6-4-16(3,5-7-18)15-17-9-12(2)21-15/h8-10H,4-7H2,1-3H3. The Hall–Kier alpha value is -1.20. The maximum atomic E-state index is 12.5. The molecule has 1 aliphatic rings. The zero-order valence-electron chi connectivity index (χ0n) is 12.7. The third kappa shape index (κ3) is 2.90. The fraction of sp³-hybridized carbons (Fsp3) is 0.500. The topological polar surface area (TPSA) is 33.2 Å². The van der Waals surface area contributed by atoms with E-state index in [0.29, 0.717) is 0 Å². The van der Waals surface area contributed by atoms with E-state index in [1.165, 1.54) is 15.4 Å². The molecule has 0 unspecified atom stereocenters. The normalized spacial score (nSPS) is 18.0. The zero-order chi connectivity index (χ0) is 15.0. The number of nitrogens with zero attached hydrogens (tertiary/aromatic N) is 2. The molecule has 0 N–H and O–H groups in total. The number of carbonyl (C=O) groups excluding carboxylic acids is 1. The van der Waals surface area contributed by atoms with Crippen molar-refractivity contribution in [3.8, 4) is 0 Å². The molecular formula is C16H20N2OS2. The first-order valence-corrected chi connectivity index (χ1v) is 8.95. The minimum Gasteiger partial charge on any atom is -0.338 e. The number of likely N-dealkylation sites (tertiary alicyclic amines) is 1. The number of hydrogen-bond acceptors (Lipinski definition) is 4. The molecule has 1 saturated heterocycles. The van der Waals surface area contributed by atoms with Crippen LogP contribution >= 0.6 is 22.7 Å². The van der Waals surface area contributed by atoms with Crippen LogP contribution in [0.25, 0.3) is 0 Å². The van der Waals surface area contributed by atoms with Gasteiger partial charge >= 0.3 is 0 Å². The third-order valence-corrected chi connectivity index (χ3v) is 6.49. The van der Waals surface area contributed by atoms with Crippen LogP contribution in [0.5, 0.6) is 0 Å². The Bertz CT molecular complexity index is 651. The van der Waals surface area contributed by atoms with E-state index >= 15 is 0 Å². The molecule has 0 aliphatic carbocycles. The molecule has 0 saturated carbocycles. The third-order valence-electron chi connectivity index (χ3n) is 4.23. The maximum absolute atomic E-state index is 12.5. The van der Waals surface area contributed by atoms with Gasteiger partial charge in [-0.05, 0) is 43.7 Å². The number of hydrogen-bond donors (Lipinski definition) is 0. The Kier molecular flexibility index (Phi) is 3.88. The summed E-state index contributed by atoms with van der Waals surface area (Å²) in [6.45, 7) is 8.06. The van der Waals surface area contributed by atoms with Gasteiger partial charge in [-0.15, -0.1) is 22.7 Å². The molecule has 0 spiro atoms. The van der Waals surface area contributed by atoms with E-state index in [1.807, 2.05) is 29.5 Å². The van der Waals surface area contributed by atoms with Gasteiger partial charge in [0.15, 0.2) is 0 Å². The van der Waals surface area contributed by atoms with E-state index in [1.54, 1.807) is 22.7 Å². The molecule has 3 rings (SSSR count). The summed E-state index contributed by atoms with van der Waals surface area (Å²) in [4.78, 5) is 21.2. The van der Waals surface area contributed by atoms with Gasteiger partial charge in [0, 0.05) is 29.6 Å². The van der Waals surface area contributed by atoms with Gasteiger partial charge < -0.3 is 4.90 Å². The fourth-order valence-electron chi connectivity index (χ4n) is 2.75. The van der Waals surface area contributed by atoms with Gasteiger partial charge in [0.05, 0.1) is 9.88 Å². The molecule has 1 amide bonds. The van der Waals surface area contributed by atoms with Gasteiger partial charge in [-0.2, -0.15) is 0 Å². The highest BCUT2D eigenvalue weighted by molar-refractivity contribution is 7.12. The molecule has 2 aromatic rings. The lowest BCUT2D eigenvalue weighted by atomic mass is 9.81. The summed E-state index contributed by atoms with van der Waals surface area (Å²) in [5, 5.41) is 3.26. The summed E-state index contributed by atoms with van der Waals surface area (Å²) in [7, 11) is 0. The lowest BCUT2D eigenvalue weighted by Gasteiger charge is -2.38. The molecular weight excluding hydrogens is 300 g/mol. The van der Waals surface area contributed by atoms with Crippen LogP contribution in [0.3, 0.4) is 0 Å². The van der Waals surface area contributed by atoms with Gasteiger partial charge in [0.1, 0.15) is 0 Å². The smallest absolute Gasteiger partial charge is 0.263 e. The SMILES string of the molecule is Cc1csc(C(=O)N2CCC(C)(c3ncc(C)s3)CC2)c1. The molecule has 5 heteroatoms. The average Bonchev–Trinajstić information content (AvgIpc) is 3.08. The molecule has 0 atom stereocenters. The summed E-state index contributed by atoms with van der Waals surface area (Å²) in [6.07, 6.45) is 3.95. The predicted octanol–water partition coefficient (Wildman–Crippen LogP) is 4.02. The highest BCUT2D eigenvalue weighted by Crippen LogP contribution is 2.37. The van der Waals surface area contributed by atoms with Crippen molar-refractivity contribution in [2.75, 3.05) is 13.1 Å². The van der Waals surface area contributed by atoms with Gasteiger partial charge in [-0.3, -0.25) is 4.79 Å². The van der Waals surface area contributed by atoms with Crippen molar-refractivity contribution in [2.45, 2.75) is 39.0 Å². The van der Waals surface area contributed by atoms with Crippen molar-refractivity contribution < 1.29 is 4.79 Å². The first kappa shape index (κ1) is 14.7. The molecule has 3 heterocycles. The van der Waals surface area contributed by atoms with Crippen LogP contribution in [0.4, 0.5) is 0 Å². The van der Waals surface area contributed by atoms with Gasteiger partial charge in [-0.25, -0.2) is 4.98 Å². The van der Waals surface area contributed by atoms with Crippen molar-refractivity contribution in [3.05, 3.63) is 38.0 Å². The highest BCUT2D eigenvalue weighted by atomic mass is 32.1. The molecule has 1 aliphatic heterocycles. The number of carbonyl (C=O) groups is 1. The number of thiophene rings is 1. The molecule has 2 aromatic heterocycles. The zero-order valence-corrected chi connectivity index (χ0v) is 14.3. The van der Waals surface area contributed by atoms with Crippen molar-refractivity contribution in [2.24, 2.45) is 0 Å². The summed E-state index contributed by atoms with van der Waals surface area (Å²) in [5.41, 5.74) is 1.30. The van der Waals surface area contributed by atoms with Gasteiger partial charge in [-0.1, -0.05) is 6.92 Å². The number of thiazole rings is 1. The Morgan fingerprint density at radius 1 is 1.33 bits per heavy atom. The van der Waals surface area contributed by atoms with Crippen LogP contribution in [0.2, 0.25) is 0 Å². The Labute approximate surface area is 133 Å². The van der Waals surface area contributed by atoms with Crippen LogP contribution in [0.15, 0.2) is 17.6 Å². The number of piperidine rings is 1. The van der Waals surface area contributed by atoms with E-state index in [0.717, 1.165) is 30.8 Å². The van der Waals surface area contributed by atoms with Crippen molar-refractivity contribution >= 4 is 28.6 Å². The monoisotopic (exact) mass is 320 g/mol. The van der Waals surface area contributed by atoms with E-state index < -0.39 is 0 Å². The van der Waals surface area contributed by atoms with Gasteiger partial charge in [0.25, 0.3) is 5.91 Å². The predicted molar refractivity (Wildman–Crippen MR) is 88.4 cm³/mol. The lowest BCUT2D eigenvalue weighted by molar-refractivity contribution is 0.0681. The number of amides is 1. The first-order valence-electron chi connectivity index (χ1n) is 7.25. The summed E-state index contributed by atoms with van der Waals surface area (Å²) >= 11 is 3.34. The average molecular weight is 320 g/mol. The fourth-order valence-corrected chi connectivity index (χ4v) is 4.58. The number of rotatable bonds is 2. The van der Waals surface area contributed by atoms with Crippen LogP contribution < -0.4 is 0 Å². The molecule has 1 fully saturated rings. The van der Waals surface area contributed by atoms with E-state index in [-0.39, 0.29) is 11.3 Å². The maximum Gasteiger partial charge on any atom is 0.263 e.